The Bertz CT molecular complexity index is 729. The second kappa shape index (κ2) is 6.46. The Kier molecular flexibility index (Phi) is 4.42. The summed E-state index contributed by atoms with van der Waals surface area (Å²) < 4.78 is 6.51. The Morgan fingerprint density at radius 3 is 2.62 bits per heavy atom. The molecule has 0 saturated heterocycles. The van der Waals surface area contributed by atoms with Crippen LogP contribution in [0, 0.1) is 0 Å². The lowest BCUT2D eigenvalue weighted by Crippen LogP contribution is -2.22. The average Bonchev–Trinajstić information content (AvgIpc) is 2.94. The van der Waals surface area contributed by atoms with E-state index in [9.17, 15) is 0 Å². The van der Waals surface area contributed by atoms with Crippen LogP contribution < -0.4 is 5.32 Å². The molecule has 0 radical (unpaired) electrons. The van der Waals surface area contributed by atoms with Crippen molar-refractivity contribution in [2.45, 2.75) is 19.4 Å². The topological polar surface area (TPSA) is 25.2 Å². The molecule has 0 bridgehead atoms. The lowest BCUT2D eigenvalue weighted by molar-refractivity contribution is 0.405. The molecular formula is C18H18BrNO. The van der Waals surface area contributed by atoms with Gasteiger partial charge in [-0.1, -0.05) is 49.4 Å². The van der Waals surface area contributed by atoms with Crippen LogP contribution in [-0.4, -0.2) is 6.54 Å². The van der Waals surface area contributed by atoms with E-state index in [4.69, 9.17) is 4.42 Å². The lowest BCUT2D eigenvalue weighted by atomic mass is 9.98. The van der Waals surface area contributed by atoms with Gasteiger partial charge in [-0.05, 0) is 57.4 Å². The molecular weight excluding hydrogens is 326 g/mol. The van der Waals surface area contributed by atoms with Crippen LogP contribution in [0.4, 0.5) is 0 Å². The molecule has 0 spiro atoms. The van der Waals surface area contributed by atoms with Gasteiger partial charge in [0.05, 0.1) is 6.04 Å². The first-order chi connectivity index (χ1) is 10.3. The maximum absolute atomic E-state index is 5.74. The average molecular weight is 344 g/mol. The summed E-state index contributed by atoms with van der Waals surface area (Å²) in [4.78, 5) is 0. The van der Waals surface area contributed by atoms with Gasteiger partial charge in [0.2, 0.25) is 0 Å². The van der Waals surface area contributed by atoms with Gasteiger partial charge in [0.15, 0.2) is 4.67 Å². The Labute approximate surface area is 133 Å². The lowest BCUT2D eigenvalue weighted by Gasteiger charge is -2.17. The molecule has 3 aromatic rings. The highest BCUT2D eigenvalue weighted by atomic mass is 79.9. The number of fused-ring (bicyclic) bond motifs is 1. The molecule has 2 nitrogen and oxygen atoms in total. The van der Waals surface area contributed by atoms with Crippen molar-refractivity contribution in [2.75, 3.05) is 6.54 Å². The van der Waals surface area contributed by atoms with E-state index in [1.165, 1.54) is 16.3 Å². The molecule has 1 aromatic heterocycles. The van der Waals surface area contributed by atoms with Crippen molar-refractivity contribution < 1.29 is 4.42 Å². The Balaban J connectivity index is 1.94. The molecule has 1 heterocycles. The predicted octanol–water partition coefficient (Wildman–Crippen LogP) is 5.09. The Morgan fingerprint density at radius 1 is 1.05 bits per heavy atom. The van der Waals surface area contributed by atoms with Crippen molar-refractivity contribution in [1.82, 2.24) is 5.32 Å². The molecule has 1 N–H and O–H groups in total. The summed E-state index contributed by atoms with van der Waals surface area (Å²) >= 11 is 3.38. The summed E-state index contributed by atoms with van der Waals surface area (Å²) in [6.07, 6.45) is 0.912. The summed E-state index contributed by atoms with van der Waals surface area (Å²) in [5, 5.41) is 6.11. The minimum atomic E-state index is 0.187. The van der Waals surface area contributed by atoms with E-state index in [1.54, 1.807) is 0 Å². The van der Waals surface area contributed by atoms with E-state index >= 15 is 0 Å². The number of halogens is 1. The standard InChI is InChI=1S/C18H18BrNO/c1-2-20-16(17-10-11-18(19)21-17)12-14-8-5-7-13-6-3-4-9-15(13)14/h3-11,16,20H,2,12H2,1H3. The zero-order chi connectivity index (χ0) is 14.7. The molecule has 2 aromatic carbocycles. The van der Waals surface area contributed by atoms with E-state index in [0.717, 1.165) is 23.4 Å². The minimum Gasteiger partial charge on any atom is -0.453 e. The zero-order valence-electron chi connectivity index (χ0n) is 12.0. The molecule has 0 aliphatic carbocycles. The highest BCUT2D eigenvalue weighted by Gasteiger charge is 2.16. The summed E-state index contributed by atoms with van der Waals surface area (Å²) in [6.45, 7) is 3.03. The first-order valence-electron chi connectivity index (χ1n) is 7.23. The van der Waals surface area contributed by atoms with Gasteiger partial charge in [0.1, 0.15) is 5.76 Å². The molecule has 0 saturated carbocycles. The van der Waals surface area contributed by atoms with Gasteiger partial charge < -0.3 is 9.73 Å². The maximum Gasteiger partial charge on any atom is 0.169 e. The summed E-state index contributed by atoms with van der Waals surface area (Å²) in [5.74, 6) is 0.969. The molecule has 1 unspecified atom stereocenters. The van der Waals surface area contributed by atoms with E-state index in [-0.39, 0.29) is 6.04 Å². The van der Waals surface area contributed by atoms with Gasteiger partial charge >= 0.3 is 0 Å². The van der Waals surface area contributed by atoms with E-state index < -0.39 is 0 Å². The van der Waals surface area contributed by atoms with E-state index in [0.29, 0.717) is 0 Å². The van der Waals surface area contributed by atoms with Crippen LogP contribution in [0.1, 0.15) is 24.3 Å². The van der Waals surface area contributed by atoms with Crippen LogP contribution >= 0.6 is 15.9 Å². The number of likely N-dealkylation sites (N-methyl/N-ethyl adjacent to an activating group) is 1. The van der Waals surface area contributed by atoms with Crippen molar-refractivity contribution in [3.63, 3.8) is 0 Å². The monoisotopic (exact) mass is 343 g/mol. The SMILES string of the molecule is CCNC(Cc1cccc2ccccc12)c1ccc(Br)o1. The van der Waals surface area contributed by atoms with Crippen molar-refractivity contribution in [3.8, 4) is 0 Å². The number of hydrogen-bond donors (Lipinski definition) is 1. The first kappa shape index (κ1) is 14.4. The molecule has 0 aliphatic rings. The highest BCUT2D eigenvalue weighted by molar-refractivity contribution is 9.10. The molecule has 0 fully saturated rings. The van der Waals surface area contributed by atoms with Crippen molar-refractivity contribution in [1.29, 1.82) is 0 Å². The number of nitrogens with one attached hydrogen (secondary N) is 1. The summed E-state index contributed by atoms with van der Waals surface area (Å²) in [7, 11) is 0. The van der Waals surface area contributed by atoms with Gasteiger partial charge in [-0.25, -0.2) is 0 Å². The van der Waals surface area contributed by atoms with Crippen LogP contribution in [0.2, 0.25) is 0 Å². The Hall–Kier alpha value is -1.58. The second-order valence-corrected chi connectivity index (χ2v) is 5.88. The van der Waals surface area contributed by atoms with Crippen LogP contribution in [0.25, 0.3) is 10.8 Å². The van der Waals surface area contributed by atoms with Crippen LogP contribution in [0.15, 0.2) is 63.7 Å². The third kappa shape index (κ3) is 3.20. The fraction of sp³-hybridized carbons (Fsp3) is 0.222. The van der Waals surface area contributed by atoms with Crippen LogP contribution in [0.3, 0.4) is 0 Å². The van der Waals surface area contributed by atoms with Gasteiger partial charge in [-0.2, -0.15) is 0 Å². The molecule has 1 atom stereocenters. The van der Waals surface area contributed by atoms with Crippen molar-refractivity contribution in [3.05, 3.63) is 70.6 Å². The molecule has 3 heteroatoms. The second-order valence-electron chi connectivity index (χ2n) is 5.09. The van der Waals surface area contributed by atoms with Crippen molar-refractivity contribution in [2.24, 2.45) is 0 Å². The van der Waals surface area contributed by atoms with Gasteiger partial charge in [-0.3, -0.25) is 0 Å². The fourth-order valence-electron chi connectivity index (χ4n) is 2.73. The predicted molar refractivity (Wildman–Crippen MR) is 90.5 cm³/mol. The maximum atomic E-state index is 5.74. The van der Waals surface area contributed by atoms with Crippen molar-refractivity contribution >= 4 is 26.7 Å². The normalized spacial score (nSPS) is 12.7. The van der Waals surface area contributed by atoms with E-state index in [2.05, 4.69) is 70.6 Å². The molecule has 0 aliphatic heterocycles. The summed E-state index contributed by atoms with van der Waals surface area (Å²) in [6, 6.07) is 19.2. The van der Waals surface area contributed by atoms with Crippen LogP contribution in [-0.2, 0) is 6.42 Å². The first-order valence-corrected chi connectivity index (χ1v) is 8.02. The number of furan rings is 1. The molecule has 0 amide bonds. The number of benzene rings is 2. The number of rotatable bonds is 5. The summed E-state index contributed by atoms with van der Waals surface area (Å²) in [5.41, 5.74) is 1.34. The minimum absolute atomic E-state index is 0.187. The van der Waals surface area contributed by atoms with Gasteiger partial charge in [0.25, 0.3) is 0 Å². The third-order valence-electron chi connectivity index (χ3n) is 3.69. The fourth-order valence-corrected chi connectivity index (χ4v) is 3.04. The Morgan fingerprint density at radius 2 is 1.86 bits per heavy atom. The third-order valence-corrected chi connectivity index (χ3v) is 4.12. The quantitative estimate of drug-likeness (QED) is 0.698. The molecule has 21 heavy (non-hydrogen) atoms. The zero-order valence-corrected chi connectivity index (χ0v) is 13.6. The van der Waals surface area contributed by atoms with Gasteiger partial charge in [-0.15, -0.1) is 0 Å². The molecule has 3 rings (SSSR count). The van der Waals surface area contributed by atoms with E-state index in [1.807, 2.05) is 12.1 Å². The largest absolute Gasteiger partial charge is 0.453 e. The highest BCUT2D eigenvalue weighted by Crippen LogP contribution is 2.27. The van der Waals surface area contributed by atoms with Gasteiger partial charge in [0, 0.05) is 0 Å². The van der Waals surface area contributed by atoms with Crippen LogP contribution in [0.5, 0.6) is 0 Å². The smallest absolute Gasteiger partial charge is 0.169 e. The number of hydrogen-bond acceptors (Lipinski definition) is 2. The molecule has 108 valence electrons.